The maximum Gasteiger partial charge on any atom is 0.261 e. The second-order valence-corrected chi connectivity index (χ2v) is 5.82. The van der Waals surface area contributed by atoms with Gasteiger partial charge >= 0.3 is 0 Å². The largest absolute Gasteiger partial charge is 0.493 e. The Kier molecular flexibility index (Phi) is 6.95. The van der Waals surface area contributed by atoms with Crippen LogP contribution in [0.3, 0.4) is 0 Å². The molecule has 0 radical (unpaired) electrons. The van der Waals surface area contributed by atoms with Gasteiger partial charge in [-0.2, -0.15) is 0 Å². The maximum atomic E-state index is 12.4. The van der Waals surface area contributed by atoms with E-state index >= 15 is 0 Å². The van der Waals surface area contributed by atoms with Crippen LogP contribution in [0.15, 0.2) is 42.5 Å². The third-order valence-corrected chi connectivity index (χ3v) is 3.89. The predicted molar refractivity (Wildman–Crippen MR) is 97.6 cm³/mol. The minimum absolute atomic E-state index is 0.183. The fraction of sp³-hybridized carbons (Fsp3) is 0.316. The quantitative estimate of drug-likeness (QED) is 0.774. The Morgan fingerprint density at radius 1 is 1.12 bits per heavy atom. The zero-order chi connectivity index (χ0) is 18.2. The van der Waals surface area contributed by atoms with Crippen LogP contribution in [0, 0.1) is 0 Å². The fourth-order valence-electron chi connectivity index (χ4n) is 2.32. The predicted octanol–water partition coefficient (Wildman–Crippen LogP) is 3.83. The molecule has 0 fully saturated rings. The molecule has 1 N–H and O–H groups in total. The molecule has 1 atom stereocenters. The average molecular weight is 364 g/mol. The van der Waals surface area contributed by atoms with E-state index in [1.807, 2.05) is 19.1 Å². The van der Waals surface area contributed by atoms with Crippen molar-refractivity contribution in [3.8, 4) is 17.2 Å². The molecule has 25 heavy (non-hydrogen) atoms. The minimum atomic E-state index is -0.585. The van der Waals surface area contributed by atoms with E-state index in [0.29, 0.717) is 35.2 Å². The summed E-state index contributed by atoms with van der Waals surface area (Å²) in [7, 11) is 3.16. The van der Waals surface area contributed by atoms with Crippen LogP contribution in [0.2, 0.25) is 5.02 Å². The molecule has 0 saturated carbocycles. The number of amides is 1. The van der Waals surface area contributed by atoms with Crippen molar-refractivity contribution in [2.45, 2.75) is 26.0 Å². The first-order valence-electron chi connectivity index (χ1n) is 7.98. The normalized spacial score (nSPS) is 11.5. The number of benzene rings is 2. The molecule has 1 amide bonds. The van der Waals surface area contributed by atoms with Crippen LogP contribution < -0.4 is 19.5 Å². The average Bonchev–Trinajstić information content (AvgIpc) is 2.63. The van der Waals surface area contributed by atoms with E-state index < -0.39 is 6.10 Å². The Labute approximate surface area is 152 Å². The number of carbonyl (C=O) groups is 1. The Morgan fingerprint density at radius 3 is 2.52 bits per heavy atom. The highest BCUT2D eigenvalue weighted by Crippen LogP contribution is 2.27. The highest BCUT2D eigenvalue weighted by molar-refractivity contribution is 6.30. The van der Waals surface area contributed by atoms with Gasteiger partial charge in [0.05, 0.1) is 14.2 Å². The number of ether oxygens (including phenoxy) is 3. The zero-order valence-corrected chi connectivity index (χ0v) is 15.3. The Morgan fingerprint density at radius 2 is 1.88 bits per heavy atom. The van der Waals surface area contributed by atoms with Crippen LogP contribution in [0.25, 0.3) is 0 Å². The van der Waals surface area contributed by atoms with Gasteiger partial charge in [-0.1, -0.05) is 30.7 Å². The molecular formula is C19H22ClNO4. The number of carbonyl (C=O) groups excluding carboxylic acids is 1. The van der Waals surface area contributed by atoms with Crippen LogP contribution in [0.5, 0.6) is 17.2 Å². The van der Waals surface area contributed by atoms with Crippen molar-refractivity contribution < 1.29 is 19.0 Å². The van der Waals surface area contributed by atoms with Gasteiger partial charge in [0.2, 0.25) is 0 Å². The summed E-state index contributed by atoms with van der Waals surface area (Å²) in [6.45, 7) is 2.26. The topological polar surface area (TPSA) is 56.8 Å². The first-order valence-corrected chi connectivity index (χ1v) is 8.36. The van der Waals surface area contributed by atoms with Crippen molar-refractivity contribution in [1.29, 1.82) is 0 Å². The fourth-order valence-corrected chi connectivity index (χ4v) is 2.50. The van der Waals surface area contributed by atoms with Gasteiger partial charge in [0.1, 0.15) is 5.75 Å². The highest BCUT2D eigenvalue weighted by Gasteiger charge is 2.18. The Bertz CT molecular complexity index is 720. The van der Waals surface area contributed by atoms with Gasteiger partial charge in [-0.15, -0.1) is 0 Å². The molecule has 0 aliphatic heterocycles. The van der Waals surface area contributed by atoms with Crippen molar-refractivity contribution in [2.75, 3.05) is 14.2 Å². The molecule has 0 heterocycles. The number of hydrogen-bond acceptors (Lipinski definition) is 4. The van der Waals surface area contributed by atoms with Gasteiger partial charge in [-0.05, 0) is 42.3 Å². The molecule has 5 nitrogen and oxygen atoms in total. The van der Waals surface area contributed by atoms with E-state index in [4.69, 9.17) is 25.8 Å². The van der Waals surface area contributed by atoms with E-state index in [1.165, 1.54) is 0 Å². The lowest BCUT2D eigenvalue weighted by Gasteiger charge is -2.18. The summed E-state index contributed by atoms with van der Waals surface area (Å²) in [6, 6.07) is 12.5. The van der Waals surface area contributed by atoms with E-state index in [2.05, 4.69) is 5.32 Å². The zero-order valence-electron chi connectivity index (χ0n) is 14.5. The number of halogens is 1. The molecule has 0 aliphatic carbocycles. The first kappa shape index (κ1) is 18.9. The molecule has 0 saturated heterocycles. The number of methoxy groups -OCH3 is 2. The second kappa shape index (κ2) is 9.18. The molecule has 134 valence electrons. The van der Waals surface area contributed by atoms with E-state index in [9.17, 15) is 4.79 Å². The summed E-state index contributed by atoms with van der Waals surface area (Å²) in [5.41, 5.74) is 0.906. The van der Waals surface area contributed by atoms with Crippen LogP contribution >= 0.6 is 11.6 Å². The Balaban J connectivity index is 1.98. The molecule has 0 aromatic heterocycles. The molecule has 2 rings (SSSR count). The smallest absolute Gasteiger partial charge is 0.261 e. The first-order chi connectivity index (χ1) is 12.1. The number of nitrogens with one attached hydrogen (secondary N) is 1. The van der Waals surface area contributed by atoms with E-state index in [1.54, 1.807) is 44.6 Å². The third-order valence-electron chi connectivity index (χ3n) is 3.65. The lowest BCUT2D eigenvalue weighted by molar-refractivity contribution is -0.128. The second-order valence-electron chi connectivity index (χ2n) is 5.38. The van der Waals surface area contributed by atoms with Gasteiger partial charge < -0.3 is 19.5 Å². The van der Waals surface area contributed by atoms with Crippen LogP contribution in [-0.4, -0.2) is 26.2 Å². The third kappa shape index (κ3) is 5.29. The summed E-state index contributed by atoms with van der Waals surface area (Å²) in [4.78, 5) is 12.4. The monoisotopic (exact) mass is 363 g/mol. The van der Waals surface area contributed by atoms with Gasteiger partial charge in [0.25, 0.3) is 5.91 Å². The van der Waals surface area contributed by atoms with Crippen LogP contribution in [0.4, 0.5) is 0 Å². The standard InChI is InChI=1S/C19H22ClNO4/c1-4-16(25-15-7-5-6-14(20)11-15)19(22)21-12-13-8-9-17(23-2)18(10-13)24-3/h5-11,16H,4,12H2,1-3H3,(H,21,22)/t16-/m0/s1. The molecular weight excluding hydrogens is 342 g/mol. The summed E-state index contributed by atoms with van der Waals surface area (Å²) >= 11 is 5.94. The number of rotatable bonds is 8. The molecule has 0 spiro atoms. The van der Waals surface area contributed by atoms with E-state index in [-0.39, 0.29) is 5.91 Å². The lowest BCUT2D eigenvalue weighted by Crippen LogP contribution is -2.37. The molecule has 0 bridgehead atoms. The molecule has 6 heteroatoms. The van der Waals surface area contributed by atoms with Gasteiger partial charge in [0.15, 0.2) is 17.6 Å². The summed E-state index contributed by atoms with van der Waals surface area (Å²) in [5, 5.41) is 3.45. The number of hydrogen-bond donors (Lipinski definition) is 1. The minimum Gasteiger partial charge on any atom is -0.493 e. The SMILES string of the molecule is CC[C@H](Oc1cccc(Cl)c1)C(=O)NCc1ccc(OC)c(OC)c1. The van der Waals surface area contributed by atoms with Crippen LogP contribution in [-0.2, 0) is 11.3 Å². The van der Waals surface area contributed by atoms with Gasteiger partial charge in [-0.25, -0.2) is 0 Å². The molecule has 0 unspecified atom stereocenters. The van der Waals surface area contributed by atoms with E-state index in [0.717, 1.165) is 5.56 Å². The molecule has 2 aromatic rings. The van der Waals surface area contributed by atoms with Crippen LogP contribution in [0.1, 0.15) is 18.9 Å². The highest BCUT2D eigenvalue weighted by atomic mass is 35.5. The molecule has 0 aliphatic rings. The van der Waals surface area contributed by atoms with Gasteiger partial charge in [0, 0.05) is 11.6 Å². The summed E-state index contributed by atoms with van der Waals surface area (Å²) in [5.74, 6) is 1.66. The lowest BCUT2D eigenvalue weighted by atomic mass is 10.2. The Hall–Kier alpha value is -2.40. The van der Waals surface area contributed by atoms with Crippen molar-refractivity contribution >= 4 is 17.5 Å². The van der Waals surface area contributed by atoms with Crippen molar-refractivity contribution in [3.63, 3.8) is 0 Å². The summed E-state index contributed by atoms with van der Waals surface area (Å²) < 4.78 is 16.2. The van der Waals surface area contributed by atoms with Crippen molar-refractivity contribution in [3.05, 3.63) is 53.1 Å². The van der Waals surface area contributed by atoms with Crippen molar-refractivity contribution in [2.24, 2.45) is 0 Å². The molecule has 2 aromatic carbocycles. The summed E-state index contributed by atoms with van der Waals surface area (Å²) in [6.07, 6.45) is -0.0387. The van der Waals surface area contributed by atoms with Gasteiger partial charge in [-0.3, -0.25) is 4.79 Å². The van der Waals surface area contributed by atoms with Crippen molar-refractivity contribution in [1.82, 2.24) is 5.32 Å². The maximum absolute atomic E-state index is 12.4.